The highest BCUT2D eigenvalue weighted by atomic mass is 32.2. The van der Waals surface area contributed by atoms with Crippen LogP contribution in [0.5, 0.6) is 0 Å². The number of thioether (sulfide) groups is 1. The van der Waals surface area contributed by atoms with Crippen LogP contribution in [-0.4, -0.2) is 11.5 Å². The van der Waals surface area contributed by atoms with Gasteiger partial charge in [-0.2, -0.15) is 34.4 Å². The third kappa shape index (κ3) is 5.28. The lowest BCUT2D eigenvalue weighted by Crippen LogP contribution is -1.89. The Morgan fingerprint density at radius 1 is 0.824 bits per heavy atom. The summed E-state index contributed by atoms with van der Waals surface area (Å²) in [4.78, 5) is 0. The third-order valence-corrected chi connectivity index (χ3v) is 5.29. The molecule has 2 aromatic heterocycles. The highest BCUT2D eigenvalue weighted by molar-refractivity contribution is 7.99. The molecule has 0 aliphatic heterocycles. The molecule has 0 aromatic carbocycles. The Hall–Kier alpha value is -0.250. The predicted octanol–water partition coefficient (Wildman–Crippen LogP) is 5.11. The molecule has 0 aliphatic rings. The summed E-state index contributed by atoms with van der Waals surface area (Å²) >= 11 is 5.71. The molecule has 0 atom stereocenters. The van der Waals surface area contributed by atoms with Crippen LogP contribution in [0, 0.1) is 0 Å². The smallest absolute Gasteiger partial charge is 0.00613 e. The SMILES string of the molecule is c1cc(CCCSCCCc2ccsc2)cs1. The van der Waals surface area contributed by atoms with E-state index < -0.39 is 0 Å². The molecule has 0 saturated heterocycles. The Balaban J connectivity index is 1.44. The van der Waals surface area contributed by atoms with Gasteiger partial charge in [0.05, 0.1) is 0 Å². The first-order valence-corrected chi connectivity index (χ1v) is 9.09. The summed E-state index contributed by atoms with van der Waals surface area (Å²) in [6.07, 6.45) is 5.14. The van der Waals surface area contributed by atoms with Gasteiger partial charge in [0.15, 0.2) is 0 Å². The van der Waals surface area contributed by atoms with Crippen molar-refractivity contribution in [1.29, 1.82) is 0 Å². The second kappa shape index (κ2) is 7.96. The van der Waals surface area contributed by atoms with Crippen LogP contribution in [0.4, 0.5) is 0 Å². The molecule has 2 aromatic rings. The lowest BCUT2D eigenvalue weighted by atomic mass is 10.2. The van der Waals surface area contributed by atoms with E-state index in [4.69, 9.17) is 0 Å². The summed E-state index contributed by atoms with van der Waals surface area (Å²) < 4.78 is 0. The van der Waals surface area contributed by atoms with Gasteiger partial charge in [0.2, 0.25) is 0 Å². The highest BCUT2D eigenvalue weighted by Gasteiger charge is 1.96. The van der Waals surface area contributed by atoms with E-state index in [1.807, 2.05) is 0 Å². The summed E-state index contributed by atoms with van der Waals surface area (Å²) in [7, 11) is 0. The Kier molecular flexibility index (Phi) is 6.17. The molecule has 0 N–H and O–H groups in total. The summed E-state index contributed by atoms with van der Waals surface area (Å²) in [5.41, 5.74) is 3.02. The van der Waals surface area contributed by atoms with Gasteiger partial charge in [0.1, 0.15) is 0 Å². The molecule has 0 fully saturated rings. The molecule has 0 spiro atoms. The first-order valence-electron chi connectivity index (χ1n) is 6.05. The van der Waals surface area contributed by atoms with E-state index in [0.717, 1.165) is 0 Å². The second-order valence-electron chi connectivity index (χ2n) is 4.08. The maximum Gasteiger partial charge on any atom is -0.00613 e. The van der Waals surface area contributed by atoms with Crippen molar-refractivity contribution in [2.75, 3.05) is 11.5 Å². The molecule has 0 saturated carbocycles. The van der Waals surface area contributed by atoms with Crippen LogP contribution in [0.2, 0.25) is 0 Å². The van der Waals surface area contributed by atoms with Crippen molar-refractivity contribution in [3.63, 3.8) is 0 Å². The first-order chi connectivity index (χ1) is 8.45. The minimum atomic E-state index is 1.25. The van der Waals surface area contributed by atoms with Gasteiger partial charge in [-0.25, -0.2) is 0 Å². The van der Waals surface area contributed by atoms with Gasteiger partial charge in [-0.3, -0.25) is 0 Å². The lowest BCUT2D eigenvalue weighted by molar-refractivity contribution is 0.919. The van der Waals surface area contributed by atoms with E-state index in [2.05, 4.69) is 45.4 Å². The largest absolute Gasteiger partial charge is 0.162 e. The van der Waals surface area contributed by atoms with Crippen LogP contribution >= 0.6 is 34.4 Å². The van der Waals surface area contributed by atoms with Gasteiger partial charge in [0.25, 0.3) is 0 Å². The fourth-order valence-electron chi connectivity index (χ4n) is 1.73. The number of rotatable bonds is 8. The molecule has 92 valence electrons. The maximum absolute atomic E-state index is 2.27. The van der Waals surface area contributed by atoms with Crippen molar-refractivity contribution in [3.05, 3.63) is 44.8 Å². The summed E-state index contributed by atoms with van der Waals surface area (Å²) in [6, 6.07) is 4.48. The van der Waals surface area contributed by atoms with E-state index in [9.17, 15) is 0 Å². The lowest BCUT2D eigenvalue weighted by Gasteiger charge is -2.00. The molecule has 17 heavy (non-hydrogen) atoms. The number of aryl methyl sites for hydroxylation is 2. The van der Waals surface area contributed by atoms with Crippen LogP contribution in [0.1, 0.15) is 24.0 Å². The zero-order valence-corrected chi connectivity index (χ0v) is 12.4. The van der Waals surface area contributed by atoms with Crippen LogP contribution in [0.3, 0.4) is 0 Å². The van der Waals surface area contributed by atoms with Gasteiger partial charge < -0.3 is 0 Å². The fraction of sp³-hybridized carbons (Fsp3) is 0.429. The van der Waals surface area contributed by atoms with E-state index >= 15 is 0 Å². The van der Waals surface area contributed by atoms with Gasteiger partial charge in [0, 0.05) is 0 Å². The molecule has 0 nitrogen and oxygen atoms in total. The van der Waals surface area contributed by atoms with Crippen LogP contribution in [-0.2, 0) is 12.8 Å². The van der Waals surface area contributed by atoms with Crippen molar-refractivity contribution >= 4 is 34.4 Å². The van der Waals surface area contributed by atoms with Crippen LogP contribution in [0.15, 0.2) is 33.7 Å². The van der Waals surface area contributed by atoms with Gasteiger partial charge in [-0.05, 0) is 82.0 Å². The standard InChI is InChI=1S/C14H18S3/c1(3-13-5-9-16-11-13)7-15-8-2-4-14-6-10-17-12-14/h5-6,9-12H,1-4,7-8H2. The monoisotopic (exact) mass is 282 g/mol. The number of thiophene rings is 2. The Bertz CT molecular complexity index is 337. The van der Waals surface area contributed by atoms with Crippen LogP contribution < -0.4 is 0 Å². The van der Waals surface area contributed by atoms with Crippen LogP contribution in [0.25, 0.3) is 0 Å². The van der Waals surface area contributed by atoms with Crippen molar-refractivity contribution in [3.8, 4) is 0 Å². The molecule has 0 radical (unpaired) electrons. The normalized spacial score (nSPS) is 10.8. The minimum absolute atomic E-state index is 1.25. The molecule has 3 heteroatoms. The third-order valence-electron chi connectivity index (χ3n) is 2.67. The molecule has 0 unspecified atom stereocenters. The van der Waals surface area contributed by atoms with Gasteiger partial charge in [-0.15, -0.1) is 0 Å². The topological polar surface area (TPSA) is 0 Å². The molecular formula is C14H18S3. The van der Waals surface area contributed by atoms with E-state index in [-0.39, 0.29) is 0 Å². The number of hydrogen-bond donors (Lipinski definition) is 0. The summed E-state index contributed by atoms with van der Waals surface area (Å²) in [5.74, 6) is 2.61. The molecule has 0 amide bonds. The van der Waals surface area contributed by atoms with Crippen molar-refractivity contribution in [1.82, 2.24) is 0 Å². The molecule has 0 aliphatic carbocycles. The van der Waals surface area contributed by atoms with Crippen molar-refractivity contribution in [2.24, 2.45) is 0 Å². The zero-order valence-electron chi connectivity index (χ0n) is 9.93. The minimum Gasteiger partial charge on any atom is -0.162 e. The van der Waals surface area contributed by atoms with E-state index in [1.165, 1.54) is 48.3 Å². The van der Waals surface area contributed by atoms with Gasteiger partial charge >= 0.3 is 0 Å². The first kappa shape index (κ1) is 13.2. The molecule has 2 heterocycles. The Morgan fingerprint density at radius 2 is 1.35 bits per heavy atom. The van der Waals surface area contributed by atoms with E-state index in [0.29, 0.717) is 0 Å². The maximum atomic E-state index is 2.27. The number of hydrogen-bond acceptors (Lipinski definition) is 3. The van der Waals surface area contributed by atoms with Crippen molar-refractivity contribution < 1.29 is 0 Å². The Labute approximate surface area is 116 Å². The summed E-state index contributed by atoms with van der Waals surface area (Å²) in [5, 5.41) is 8.87. The molecule has 2 rings (SSSR count). The van der Waals surface area contributed by atoms with Gasteiger partial charge in [-0.1, -0.05) is 0 Å². The predicted molar refractivity (Wildman–Crippen MR) is 82.6 cm³/mol. The average molecular weight is 282 g/mol. The van der Waals surface area contributed by atoms with Crippen molar-refractivity contribution in [2.45, 2.75) is 25.7 Å². The highest BCUT2D eigenvalue weighted by Crippen LogP contribution is 2.14. The van der Waals surface area contributed by atoms with E-state index in [1.54, 1.807) is 22.7 Å². The molecule has 0 bridgehead atoms. The summed E-state index contributed by atoms with van der Waals surface area (Å²) in [6.45, 7) is 0. The second-order valence-corrected chi connectivity index (χ2v) is 6.87. The zero-order chi connectivity index (χ0) is 11.8. The molecular weight excluding hydrogens is 264 g/mol. The Morgan fingerprint density at radius 3 is 1.76 bits per heavy atom. The fourth-order valence-corrected chi connectivity index (χ4v) is 4.04. The average Bonchev–Trinajstić information content (AvgIpc) is 3.00. The quantitative estimate of drug-likeness (QED) is 0.606.